The first-order valence-corrected chi connectivity index (χ1v) is 11.9. The molecule has 166 valence electrons. The molecule has 0 amide bonds. The lowest BCUT2D eigenvalue weighted by Gasteiger charge is -2.20. The second-order valence-electron chi connectivity index (χ2n) is 8.34. The van der Waals surface area contributed by atoms with Crippen molar-refractivity contribution in [3.63, 3.8) is 0 Å². The van der Waals surface area contributed by atoms with E-state index < -0.39 is 0 Å². The van der Waals surface area contributed by atoms with E-state index in [-0.39, 0.29) is 10.8 Å². The Labute approximate surface area is 192 Å². The second kappa shape index (κ2) is 9.00. The van der Waals surface area contributed by atoms with Gasteiger partial charge in [-0.1, -0.05) is 30.3 Å². The van der Waals surface area contributed by atoms with E-state index in [1.807, 2.05) is 36.4 Å². The lowest BCUT2D eigenvalue weighted by molar-refractivity contribution is 0.193. The highest BCUT2D eigenvalue weighted by molar-refractivity contribution is 7.99. The Bertz CT molecular complexity index is 1160. The van der Waals surface area contributed by atoms with Gasteiger partial charge in [0.15, 0.2) is 11.5 Å². The van der Waals surface area contributed by atoms with Gasteiger partial charge in [0.1, 0.15) is 12.9 Å². The van der Waals surface area contributed by atoms with E-state index >= 15 is 0 Å². The van der Waals surface area contributed by atoms with Crippen molar-refractivity contribution in [1.82, 2.24) is 14.5 Å². The predicted octanol–water partition coefficient (Wildman–Crippen LogP) is 4.10. The Balaban J connectivity index is 1.38. The Kier molecular flexibility index (Phi) is 5.93. The predicted molar refractivity (Wildman–Crippen MR) is 126 cm³/mol. The summed E-state index contributed by atoms with van der Waals surface area (Å²) in [6.45, 7) is 1.74. The molecule has 0 N–H and O–H groups in total. The summed E-state index contributed by atoms with van der Waals surface area (Å²) in [5, 5.41) is 0.223. The molecule has 2 aliphatic rings. The lowest BCUT2D eigenvalue weighted by atomic mass is 10.1. The Hall–Kier alpha value is -2.77. The molecular formula is C25H27N3O3S. The number of hydrogen-bond donors (Lipinski definition) is 0. The molecule has 3 heterocycles. The number of nitrogens with zero attached hydrogens (tertiary/aromatic N) is 3. The molecule has 0 saturated carbocycles. The highest BCUT2D eigenvalue weighted by Gasteiger charge is 2.28. The van der Waals surface area contributed by atoms with Crippen LogP contribution >= 0.6 is 11.8 Å². The zero-order valence-corrected chi connectivity index (χ0v) is 19.2. The number of aromatic nitrogens is 2. The van der Waals surface area contributed by atoms with Crippen LogP contribution in [0.1, 0.15) is 29.3 Å². The monoisotopic (exact) mass is 449 g/mol. The summed E-state index contributed by atoms with van der Waals surface area (Å²) in [5.74, 6) is 1.31. The van der Waals surface area contributed by atoms with Crippen molar-refractivity contribution in [2.45, 2.75) is 35.4 Å². The highest BCUT2D eigenvalue weighted by Crippen LogP contribution is 2.43. The topological polar surface area (TPSA) is 56.6 Å². The molecule has 6 nitrogen and oxygen atoms in total. The van der Waals surface area contributed by atoms with Gasteiger partial charge in [-0.15, -0.1) is 11.8 Å². The third kappa shape index (κ3) is 4.02. The Morgan fingerprint density at radius 2 is 2.00 bits per heavy atom. The molecule has 0 radical (unpaired) electrons. The van der Waals surface area contributed by atoms with Crippen LogP contribution < -0.4 is 15.0 Å². The van der Waals surface area contributed by atoms with Gasteiger partial charge in [-0.05, 0) is 44.1 Å². The van der Waals surface area contributed by atoms with E-state index in [4.69, 9.17) is 9.47 Å². The number of fused-ring (bicyclic) bond motifs is 1. The van der Waals surface area contributed by atoms with Crippen LogP contribution in [0.2, 0.25) is 0 Å². The van der Waals surface area contributed by atoms with Crippen LogP contribution in [0.4, 0.5) is 0 Å². The molecule has 1 fully saturated rings. The summed E-state index contributed by atoms with van der Waals surface area (Å²) in [7, 11) is 3.76. The third-order valence-electron chi connectivity index (χ3n) is 6.34. The van der Waals surface area contributed by atoms with Crippen LogP contribution in [0, 0.1) is 0 Å². The zero-order valence-electron chi connectivity index (χ0n) is 18.4. The van der Waals surface area contributed by atoms with Gasteiger partial charge in [-0.25, -0.2) is 4.98 Å². The van der Waals surface area contributed by atoms with E-state index in [1.165, 1.54) is 12.0 Å². The normalized spacial score (nSPS) is 20.3. The van der Waals surface area contributed by atoms with Crippen LogP contribution in [-0.2, 0) is 6.42 Å². The molecular weight excluding hydrogens is 422 g/mol. The number of likely N-dealkylation sites (N-methyl/N-ethyl adjacent to an activating group) is 1. The van der Waals surface area contributed by atoms with Gasteiger partial charge in [0.25, 0.3) is 5.56 Å². The van der Waals surface area contributed by atoms with Crippen molar-refractivity contribution >= 4 is 11.8 Å². The fourth-order valence-electron chi connectivity index (χ4n) is 4.43. The fraction of sp³-hybridized carbons (Fsp3) is 0.360. The molecule has 32 heavy (non-hydrogen) atoms. The standard InChI is InChI=1S/C25H27N3O3S/c1-27-12-6-9-19(27)15-31-21-11-10-18(13-22(21)30-2)28-16-26-20-14-23(32-24(20)25(28)29)17-7-4-3-5-8-17/h3-5,7-8,10-11,13,16,19,23H,6,9,12,14-15H2,1-2H3. The Morgan fingerprint density at radius 1 is 1.16 bits per heavy atom. The minimum absolute atomic E-state index is 0.0401. The Morgan fingerprint density at radius 3 is 2.75 bits per heavy atom. The van der Waals surface area contributed by atoms with Crippen LogP contribution in [0.15, 0.2) is 64.5 Å². The van der Waals surface area contributed by atoms with Crippen molar-refractivity contribution in [1.29, 1.82) is 0 Å². The van der Waals surface area contributed by atoms with Gasteiger partial charge in [0, 0.05) is 23.8 Å². The summed E-state index contributed by atoms with van der Waals surface area (Å²) in [6, 6.07) is 16.3. The van der Waals surface area contributed by atoms with E-state index in [9.17, 15) is 4.79 Å². The maximum atomic E-state index is 13.3. The largest absolute Gasteiger partial charge is 0.493 e. The van der Waals surface area contributed by atoms with Crippen molar-refractivity contribution < 1.29 is 9.47 Å². The summed E-state index contributed by atoms with van der Waals surface area (Å²) < 4.78 is 13.2. The average Bonchev–Trinajstić information content (AvgIpc) is 3.45. The summed E-state index contributed by atoms with van der Waals surface area (Å²) in [4.78, 5) is 21.0. The number of benzene rings is 2. The maximum absolute atomic E-state index is 13.3. The smallest absolute Gasteiger partial charge is 0.271 e. The van der Waals surface area contributed by atoms with Crippen molar-refractivity contribution in [2.75, 3.05) is 27.3 Å². The molecule has 3 aromatic rings. The molecule has 7 heteroatoms. The van der Waals surface area contributed by atoms with Gasteiger partial charge in [0.05, 0.1) is 23.4 Å². The van der Waals surface area contributed by atoms with E-state index in [2.05, 4.69) is 29.1 Å². The number of thioether (sulfide) groups is 1. The molecule has 0 aliphatic carbocycles. The number of ether oxygens (including phenoxy) is 2. The summed E-state index contributed by atoms with van der Waals surface area (Å²) in [5.41, 5.74) is 2.77. The quantitative estimate of drug-likeness (QED) is 0.565. The first-order valence-electron chi connectivity index (χ1n) is 11.0. The minimum atomic E-state index is -0.0401. The average molecular weight is 450 g/mol. The molecule has 0 bridgehead atoms. The number of likely N-dealkylation sites (tertiary alicyclic amines) is 1. The molecule has 5 rings (SSSR count). The van der Waals surface area contributed by atoms with E-state index in [1.54, 1.807) is 29.8 Å². The maximum Gasteiger partial charge on any atom is 0.271 e. The van der Waals surface area contributed by atoms with Crippen LogP contribution in [0.3, 0.4) is 0 Å². The summed E-state index contributed by atoms with van der Waals surface area (Å²) in [6.07, 6.45) is 4.75. The molecule has 0 spiro atoms. The first kappa shape index (κ1) is 21.1. The molecule has 2 aromatic carbocycles. The third-order valence-corrected chi connectivity index (χ3v) is 7.71. The zero-order chi connectivity index (χ0) is 22.1. The van der Waals surface area contributed by atoms with Gasteiger partial charge in [-0.3, -0.25) is 9.36 Å². The molecule has 1 aromatic heterocycles. The fourth-order valence-corrected chi connectivity index (χ4v) is 5.72. The molecule has 2 unspecified atom stereocenters. The molecule has 1 saturated heterocycles. The van der Waals surface area contributed by atoms with Crippen LogP contribution in [0.5, 0.6) is 11.5 Å². The van der Waals surface area contributed by atoms with Gasteiger partial charge in [0.2, 0.25) is 0 Å². The minimum Gasteiger partial charge on any atom is -0.493 e. The van der Waals surface area contributed by atoms with E-state index in [0.29, 0.717) is 24.1 Å². The molecule has 2 aliphatic heterocycles. The molecule has 2 atom stereocenters. The van der Waals surface area contributed by atoms with E-state index in [0.717, 1.165) is 35.7 Å². The number of hydrogen-bond acceptors (Lipinski definition) is 6. The SMILES string of the molecule is COc1cc(-n2cnc3c(c2=O)SC(c2ccccc2)C3)ccc1OCC1CCCN1C. The van der Waals surface area contributed by atoms with Gasteiger partial charge < -0.3 is 14.4 Å². The van der Waals surface area contributed by atoms with Crippen LogP contribution in [-0.4, -0.2) is 47.8 Å². The second-order valence-corrected chi connectivity index (χ2v) is 9.55. The van der Waals surface area contributed by atoms with Crippen molar-refractivity contribution in [2.24, 2.45) is 0 Å². The summed E-state index contributed by atoms with van der Waals surface area (Å²) >= 11 is 1.60. The first-order chi connectivity index (χ1) is 15.6. The highest BCUT2D eigenvalue weighted by atomic mass is 32.2. The van der Waals surface area contributed by atoms with Crippen molar-refractivity contribution in [3.8, 4) is 17.2 Å². The number of methoxy groups -OCH3 is 1. The van der Waals surface area contributed by atoms with Crippen molar-refractivity contribution in [3.05, 3.63) is 76.5 Å². The van der Waals surface area contributed by atoms with Gasteiger partial charge >= 0.3 is 0 Å². The van der Waals surface area contributed by atoms with Gasteiger partial charge in [-0.2, -0.15) is 0 Å². The number of rotatable bonds is 6. The lowest BCUT2D eigenvalue weighted by Crippen LogP contribution is -2.30. The van der Waals surface area contributed by atoms with Crippen LogP contribution in [0.25, 0.3) is 5.69 Å².